The number of rotatable bonds is 5. The topological polar surface area (TPSA) is 88.3 Å². The third-order valence-corrected chi connectivity index (χ3v) is 5.79. The van der Waals surface area contributed by atoms with Crippen molar-refractivity contribution in [3.8, 4) is 10.4 Å². The summed E-state index contributed by atoms with van der Waals surface area (Å²) in [7, 11) is 1.50. The number of carbonyl (C=O) groups excluding carboxylic acids is 2. The minimum Gasteiger partial charge on any atom is -0.355 e. The van der Waals surface area contributed by atoms with Crippen LogP contribution in [0.2, 0.25) is 0 Å². The molecule has 7 heteroatoms. The molecule has 1 aliphatic heterocycles. The molecule has 1 atom stereocenters. The van der Waals surface area contributed by atoms with Gasteiger partial charge < -0.3 is 16.0 Å². The van der Waals surface area contributed by atoms with Gasteiger partial charge in [-0.25, -0.2) is 4.98 Å². The first-order valence-electron chi connectivity index (χ1n) is 12.7. The lowest BCUT2D eigenvalue weighted by molar-refractivity contribution is -0.132. The second-order valence-electron chi connectivity index (χ2n) is 8.93. The van der Waals surface area contributed by atoms with Crippen LogP contribution in [0.5, 0.6) is 0 Å². The number of aryl methyl sites for hydroxylation is 1. The SMILES string of the molecule is CC.CC.CC1CCN(C(=O)CC(C)(C)C)C1.CN.Cc1ncsc1-c1ccc(CNC=O)cc1. The smallest absolute Gasteiger partial charge is 0.223 e. The monoisotopic (exact) mass is 506 g/mol. The van der Waals surface area contributed by atoms with E-state index in [-0.39, 0.29) is 5.41 Å². The molecule has 0 radical (unpaired) electrons. The van der Waals surface area contributed by atoms with Crippen LogP contribution in [-0.2, 0) is 16.1 Å². The Morgan fingerprint density at radius 3 is 2.14 bits per heavy atom. The fourth-order valence-corrected chi connectivity index (χ4v) is 4.05. The zero-order valence-corrected chi connectivity index (χ0v) is 24.6. The first kappa shape index (κ1) is 34.9. The summed E-state index contributed by atoms with van der Waals surface area (Å²) in [5, 5.41) is 2.64. The van der Waals surface area contributed by atoms with Crippen molar-refractivity contribution in [2.45, 2.75) is 81.7 Å². The predicted molar refractivity (Wildman–Crippen MR) is 152 cm³/mol. The number of hydrogen-bond donors (Lipinski definition) is 2. The van der Waals surface area contributed by atoms with Gasteiger partial charge in [0.25, 0.3) is 0 Å². The second kappa shape index (κ2) is 20.0. The van der Waals surface area contributed by atoms with E-state index >= 15 is 0 Å². The molecule has 3 rings (SSSR count). The molecule has 6 nitrogen and oxygen atoms in total. The van der Waals surface area contributed by atoms with E-state index in [9.17, 15) is 9.59 Å². The summed E-state index contributed by atoms with van der Waals surface area (Å²) in [5.41, 5.74) is 9.81. The molecule has 0 spiro atoms. The van der Waals surface area contributed by atoms with Crippen molar-refractivity contribution < 1.29 is 9.59 Å². The average Bonchev–Trinajstić information content (AvgIpc) is 3.49. The molecule has 1 fully saturated rings. The van der Waals surface area contributed by atoms with Gasteiger partial charge in [-0.3, -0.25) is 9.59 Å². The van der Waals surface area contributed by atoms with Crippen molar-refractivity contribution in [3.05, 3.63) is 41.0 Å². The third kappa shape index (κ3) is 14.7. The van der Waals surface area contributed by atoms with E-state index < -0.39 is 0 Å². The molecule has 1 aromatic carbocycles. The van der Waals surface area contributed by atoms with Crippen LogP contribution in [0, 0.1) is 18.3 Å². The van der Waals surface area contributed by atoms with E-state index in [4.69, 9.17) is 0 Å². The first-order valence-corrected chi connectivity index (χ1v) is 13.6. The fraction of sp³-hybridized carbons (Fsp3) is 0.607. The molecule has 1 aromatic heterocycles. The Morgan fingerprint density at radius 2 is 1.74 bits per heavy atom. The van der Waals surface area contributed by atoms with E-state index in [0.717, 1.165) is 24.3 Å². The molecular weight excluding hydrogens is 456 g/mol. The Balaban J connectivity index is 0. The maximum absolute atomic E-state index is 11.7. The van der Waals surface area contributed by atoms with Crippen molar-refractivity contribution in [1.29, 1.82) is 0 Å². The van der Waals surface area contributed by atoms with Gasteiger partial charge in [0.05, 0.1) is 16.1 Å². The van der Waals surface area contributed by atoms with E-state index in [2.05, 4.69) is 55.9 Å². The quantitative estimate of drug-likeness (QED) is 0.467. The molecule has 0 saturated carbocycles. The van der Waals surface area contributed by atoms with Crippen LogP contribution in [0.25, 0.3) is 10.4 Å². The van der Waals surface area contributed by atoms with Gasteiger partial charge >= 0.3 is 0 Å². The third-order valence-electron chi connectivity index (χ3n) is 4.81. The number of carbonyl (C=O) groups is 2. The standard InChI is InChI=1S/C12H12N2OS.C11H21NO.2C2H6.CH5N/c1-9-12(16-8-14-9)11-4-2-10(3-5-11)6-13-7-15;1-9-5-6-12(8-9)10(13)7-11(2,3)4;3*1-2/h2-5,7-8H,6H2,1H3,(H,13,15);9H,5-8H2,1-4H3;2*1-2H3;2H2,1H3. The maximum atomic E-state index is 11.7. The molecule has 2 heterocycles. The zero-order valence-electron chi connectivity index (χ0n) is 23.8. The number of hydrogen-bond acceptors (Lipinski definition) is 5. The molecule has 2 amide bonds. The number of benzene rings is 1. The molecule has 0 bridgehead atoms. The summed E-state index contributed by atoms with van der Waals surface area (Å²) in [6.45, 7) is 21.1. The summed E-state index contributed by atoms with van der Waals surface area (Å²) in [5.74, 6) is 1.03. The van der Waals surface area contributed by atoms with Crippen LogP contribution in [0.4, 0.5) is 0 Å². The average molecular weight is 507 g/mol. The fourth-order valence-electron chi connectivity index (χ4n) is 3.24. The number of nitrogens with one attached hydrogen (secondary N) is 1. The largest absolute Gasteiger partial charge is 0.355 e. The number of nitrogens with two attached hydrogens (primary N) is 1. The molecule has 1 unspecified atom stereocenters. The van der Waals surface area contributed by atoms with Crippen LogP contribution in [-0.4, -0.2) is 42.3 Å². The van der Waals surface area contributed by atoms with Gasteiger partial charge in [0.2, 0.25) is 12.3 Å². The van der Waals surface area contributed by atoms with Crippen LogP contribution in [0.1, 0.15) is 79.5 Å². The summed E-state index contributed by atoms with van der Waals surface area (Å²) in [6, 6.07) is 8.15. The predicted octanol–water partition coefficient (Wildman–Crippen LogP) is 6.28. The van der Waals surface area contributed by atoms with Crippen LogP contribution in [0.3, 0.4) is 0 Å². The van der Waals surface area contributed by atoms with Gasteiger partial charge in [0.1, 0.15) is 0 Å². The van der Waals surface area contributed by atoms with Crippen LogP contribution in [0.15, 0.2) is 29.8 Å². The summed E-state index contributed by atoms with van der Waals surface area (Å²) >= 11 is 1.64. The number of likely N-dealkylation sites (tertiary alicyclic amines) is 1. The van der Waals surface area contributed by atoms with Crippen molar-refractivity contribution >= 4 is 23.7 Å². The summed E-state index contributed by atoms with van der Waals surface area (Å²) in [6.07, 6.45) is 2.57. The molecule has 2 aromatic rings. The Kier molecular flexibility index (Phi) is 19.9. The Morgan fingerprint density at radius 1 is 1.17 bits per heavy atom. The minimum atomic E-state index is 0.128. The normalized spacial score (nSPS) is 13.9. The van der Waals surface area contributed by atoms with Crippen molar-refractivity contribution in [2.75, 3.05) is 20.1 Å². The molecular formula is C28H50N4O2S. The number of nitrogens with zero attached hydrogens (tertiary/aromatic N) is 2. The highest BCUT2D eigenvalue weighted by molar-refractivity contribution is 7.13. The lowest BCUT2D eigenvalue weighted by Gasteiger charge is -2.22. The van der Waals surface area contributed by atoms with E-state index in [1.54, 1.807) is 11.3 Å². The zero-order chi connectivity index (χ0) is 27.4. The van der Waals surface area contributed by atoms with Crippen LogP contribution >= 0.6 is 11.3 Å². The van der Waals surface area contributed by atoms with Crippen molar-refractivity contribution in [1.82, 2.24) is 15.2 Å². The summed E-state index contributed by atoms with van der Waals surface area (Å²) < 4.78 is 0. The Labute approximate surface area is 218 Å². The van der Waals surface area contributed by atoms with Gasteiger partial charge in [-0.15, -0.1) is 11.3 Å². The second-order valence-corrected chi connectivity index (χ2v) is 9.79. The van der Waals surface area contributed by atoms with Gasteiger partial charge in [0, 0.05) is 26.1 Å². The van der Waals surface area contributed by atoms with Gasteiger partial charge in [-0.1, -0.05) is 79.7 Å². The summed E-state index contributed by atoms with van der Waals surface area (Å²) in [4.78, 5) is 29.3. The molecule has 3 N–H and O–H groups in total. The highest BCUT2D eigenvalue weighted by Gasteiger charge is 2.26. The maximum Gasteiger partial charge on any atom is 0.223 e. The van der Waals surface area contributed by atoms with Gasteiger partial charge in [0.15, 0.2) is 0 Å². The first-order chi connectivity index (χ1) is 16.7. The number of thiazole rings is 1. The molecule has 35 heavy (non-hydrogen) atoms. The molecule has 0 aliphatic carbocycles. The highest BCUT2D eigenvalue weighted by atomic mass is 32.1. The molecule has 200 valence electrons. The van der Waals surface area contributed by atoms with Gasteiger partial charge in [-0.05, 0) is 42.9 Å². The minimum absolute atomic E-state index is 0.128. The van der Waals surface area contributed by atoms with Gasteiger partial charge in [-0.2, -0.15) is 0 Å². The lowest BCUT2D eigenvalue weighted by Crippen LogP contribution is -2.31. The van der Waals surface area contributed by atoms with Crippen molar-refractivity contribution in [3.63, 3.8) is 0 Å². The van der Waals surface area contributed by atoms with E-state index in [1.165, 1.54) is 23.9 Å². The van der Waals surface area contributed by atoms with E-state index in [1.807, 2.05) is 57.2 Å². The molecule has 1 saturated heterocycles. The van der Waals surface area contributed by atoms with Crippen LogP contribution < -0.4 is 11.1 Å². The molecule has 1 aliphatic rings. The number of amides is 2. The van der Waals surface area contributed by atoms with Crippen molar-refractivity contribution in [2.24, 2.45) is 17.1 Å². The highest BCUT2D eigenvalue weighted by Crippen LogP contribution is 2.27. The lowest BCUT2D eigenvalue weighted by atomic mass is 9.92. The van der Waals surface area contributed by atoms with E-state index in [0.29, 0.717) is 31.2 Å². The Bertz CT molecular complexity index is 798. The Hall–Kier alpha value is -2.25. The number of aromatic nitrogens is 1.